The molecule has 2 heteroatoms. The van der Waals surface area contributed by atoms with Gasteiger partial charge in [-0.25, -0.2) is 0 Å². The SMILES string of the molecule is CC(=O)C1(c2ccccc2C)CCN(C2CCC2)CC1. The quantitative estimate of drug-likeness (QED) is 0.839. The van der Waals surface area contributed by atoms with Crippen LogP contribution in [0, 0.1) is 6.92 Å². The largest absolute Gasteiger partial charge is 0.300 e. The topological polar surface area (TPSA) is 20.3 Å². The van der Waals surface area contributed by atoms with Gasteiger partial charge in [0.15, 0.2) is 0 Å². The Bertz CT molecular complexity index is 496. The van der Waals surface area contributed by atoms with Crippen molar-refractivity contribution in [3.05, 3.63) is 35.4 Å². The van der Waals surface area contributed by atoms with Gasteiger partial charge in [-0.05, 0) is 63.7 Å². The molecule has 1 aromatic rings. The highest BCUT2D eigenvalue weighted by atomic mass is 16.1. The normalized spacial score (nSPS) is 23.3. The van der Waals surface area contributed by atoms with E-state index in [9.17, 15) is 4.79 Å². The smallest absolute Gasteiger partial charge is 0.140 e. The maximum atomic E-state index is 12.4. The Hall–Kier alpha value is -1.15. The van der Waals surface area contributed by atoms with Gasteiger partial charge in [0.25, 0.3) is 0 Å². The number of likely N-dealkylation sites (tertiary alicyclic amines) is 1. The number of Topliss-reactive ketones (excluding diaryl/α,β-unsaturated/α-hetero) is 1. The average molecular weight is 271 g/mol. The van der Waals surface area contributed by atoms with E-state index in [2.05, 4.69) is 36.1 Å². The Kier molecular flexibility index (Phi) is 3.68. The van der Waals surface area contributed by atoms with E-state index in [1.54, 1.807) is 6.92 Å². The zero-order valence-corrected chi connectivity index (χ0v) is 12.7. The Morgan fingerprint density at radius 3 is 2.35 bits per heavy atom. The van der Waals surface area contributed by atoms with Gasteiger partial charge in [-0.15, -0.1) is 0 Å². The van der Waals surface area contributed by atoms with Crippen LogP contribution in [0.4, 0.5) is 0 Å². The van der Waals surface area contributed by atoms with E-state index < -0.39 is 0 Å². The fourth-order valence-electron chi connectivity index (χ4n) is 3.94. The number of carbonyl (C=O) groups excluding carboxylic acids is 1. The molecule has 20 heavy (non-hydrogen) atoms. The van der Waals surface area contributed by atoms with Crippen LogP contribution in [-0.4, -0.2) is 29.8 Å². The summed E-state index contributed by atoms with van der Waals surface area (Å²) < 4.78 is 0. The lowest BCUT2D eigenvalue weighted by Gasteiger charge is -2.46. The Morgan fingerprint density at radius 2 is 1.85 bits per heavy atom. The molecule has 0 aromatic heterocycles. The summed E-state index contributed by atoms with van der Waals surface area (Å²) in [7, 11) is 0. The van der Waals surface area contributed by atoms with Crippen LogP contribution in [0.25, 0.3) is 0 Å². The second-order valence-electron chi connectivity index (χ2n) is 6.57. The highest BCUT2D eigenvalue weighted by molar-refractivity contribution is 5.88. The van der Waals surface area contributed by atoms with Crippen molar-refractivity contribution in [2.75, 3.05) is 13.1 Å². The number of aryl methyl sites for hydroxylation is 1. The molecule has 1 saturated heterocycles. The zero-order valence-electron chi connectivity index (χ0n) is 12.7. The van der Waals surface area contributed by atoms with Gasteiger partial charge < -0.3 is 4.90 Å². The van der Waals surface area contributed by atoms with Crippen molar-refractivity contribution in [1.29, 1.82) is 0 Å². The van der Waals surface area contributed by atoms with E-state index in [0.717, 1.165) is 32.0 Å². The van der Waals surface area contributed by atoms with Gasteiger partial charge in [0.05, 0.1) is 5.41 Å². The number of nitrogens with zero attached hydrogens (tertiary/aromatic N) is 1. The lowest BCUT2D eigenvalue weighted by atomic mass is 9.68. The number of ketones is 1. The average Bonchev–Trinajstić information content (AvgIpc) is 2.38. The molecule has 0 amide bonds. The number of hydrogen-bond donors (Lipinski definition) is 0. The molecule has 2 fully saturated rings. The monoisotopic (exact) mass is 271 g/mol. The summed E-state index contributed by atoms with van der Waals surface area (Å²) in [6.45, 7) is 6.08. The number of piperidine rings is 1. The molecular formula is C18H25NO. The molecule has 1 saturated carbocycles. The molecule has 0 radical (unpaired) electrons. The molecule has 2 aliphatic rings. The fraction of sp³-hybridized carbons (Fsp3) is 0.611. The van der Waals surface area contributed by atoms with E-state index in [-0.39, 0.29) is 5.41 Å². The molecule has 0 atom stereocenters. The molecule has 0 bridgehead atoms. The van der Waals surface area contributed by atoms with E-state index in [1.165, 1.54) is 30.4 Å². The van der Waals surface area contributed by atoms with Crippen molar-refractivity contribution in [2.45, 2.75) is 57.4 Å². The molecule has 3 rings (SSSR count). The molecule has 2 nitrogen and oxygen atoms in total. The standard InChI is InChI=1S/C18H25NO/c1-14-6-3-4-9-17(14)18(15(2)20)10-12-19(13-11-18)16-7-5-8-16/h3-4,6,9,16H,5,7-8,10-13H2,1-2H3. The molecule has 1 aliphatic heterocycles. The summed E-state index contributed by atoms with van der Waals surface area (Å²) in [4.78, 5) is 15.0. The number of carbonyl (C=O) groups is 1. The first-order valence-corrected chi connectivity index (χ1v) is 7.95. The lowest BCUT2D eigenvalue weighted by molar-refractivity contribution is -0.124. The van der Waals surface area contributed by atoms with Crippen molar-refractivity contribution < 1.29 is 4.79 Å². The summed E-state index contributed by atoms with van der Waals surface area (Å²) in [6, 6.07) is 9.24. The van der Waals surface area contributed by atoms with Gasteiger partial charge in [-0.3, -0.25) is 4.79 Å². The summed E-state index contributed by atoms with van der Waals surface area (Å²) >= 11 is 0. The van der Waals surface area contributed by atoms with Crippen molar-refractivity contribution >= 4 is 5.78 Å². The van der Waals surface area contributed by atoms with Crippen LogP contribution in [0.3, 0.4) is 0 Å². The highest BCUT2D eigenvalue weighted by Gasteiger charge is 2.42. The van der Waals surface area contributed by atoms with E-state index >= 15 is 0 Å². The van der Waals surface area contributed by atoms with Crippen LogP contribution in [0.15, 0.2) is 24.3 Å². The second-order valence-corrected chi connectivity index (χ2v) is 6.57. The molecule has 1 aliphatic carbocycles. The highest BCUT2D eigenvalue weighted by Crippen LogP contribution is 2.40. The summed E-state index contributed by atoms with van der Waals surface area (Å²) in [5.41, 5.74) is 2.30. The molecule has 1 aromatic carbocycles. The number of hydrogen-bond acceptors (Lipinski definition) is 2. The molecule has 1 heterocycles. The van der Waals surface area contributed by atoms with Crippen LogP contribution in [0.2, 0.25) is 0 Å². The Morgan fingerprint density at radius 1 is 1.20 bits per heavy atom. The van der Waals surface area contributed by atoms with Gasteiger partial charge in [-0.2, -0.15) is 0 Å². The van der Waals surface area contributed by atoms with Crippen LogP contribution in [0.5, 0.6) is 0 Å². The van der Waals surface area contributed by atoms with Gasteiger partial charge in [0.1, 0.15) is 5.78 Å². The predicted molar refractivity (Wildman–Crippen MR) is 82.0 cm³/mol. The third-order valence-electron chi connectivity index (χ3n) is 5.58. The van der Waals surface area contributed by atoms with Gasteiger partial charge in [-0.1, -0.05) is 30.7 Å². The van der Waals surface area contributed by atoms with Crippen molar-refractivity contribution in [3.63, 3.8) is 0 Å². The van der Waals surface area contributed by atoms with Crippen molar-refractivity contribution in [1.82, 2.24) is 4.90 Å². The molecule has 0 unspecified atom stereocenters. The van der Waals surface area contributed by atoms with Crippen LogP contribution < -0.4 is 0 Å². The zero-order chi connectivity index (χ0) is 14.2. The minimum Gasteiger partial charge on any atom is -0.300 e. The first kappa shape index (κ1) is 13.8. The predicted octanol–water partition coefficient (Wildman–Crippen LogP) is 3.47. The first-order valence-electron chi connectivity index (χ1n) is 7.95. The Balaban J connectivity index is 1.84. The fourth-order valence-corrected chi connectivity index (χ4v) is 3.94. The van der Waals surface area contributed by atoms with Gasteiger partial charge in [0, 0.05) is 6.04 Å². The molecule has 0 spiro atoms. The Labute approximate surface area is 122 Å². The maximum absolute atomic E-state index is 12.4. The minimum absolute atomic E-state index is 0.231. The summed E-state index contributed by atoms with van der Waals surface area (Å²) in [5, 5.41) is 0. The molecule has 0 N–H and O–H groups in total. The minimum atomic E-state index is -0.231. The third kappa shape index (κ3) is 2.20. The number of rotatable bonds is 3. The van der Waals surface area contributed by atoms with Crippen LogP contribution in [0.1, 0.15) is 50.2 Å². The van der Waals surface area contributed by atoms with Gasteiger partial charge in [0.2, 0.25) is 0 Å². The maximum Gasteiger partial charge on any atom is 0.140 e. The van der Waals surface area contributed by atoms with Crippen molar-refractivity contribution in [2.24, 2.45) is 0 Å². The van der Waals surface area contributed by atoms with Crippen LogP contribution in [-0.2, 0) is 10.2 Å². The van der Waals surface area contributed by atoms with Crippen LogP contribution >= 0.6 is 0 Å². The second kappa shape index (κ2) is 5.33. The van der Waals surface area contributed by atoms with E-state index in [1.807, 2.05) is 0 Å². The first-order chi connectivity index (χ1) is 9.63. The molecular weight excluding hydrogens is 246 g/mol. The lowest BCUT2D eigenvalue weighted by Crippen LogP contribution is -2.51. The van der Waals surface area contributed by atoms with E-state index in [0.29, 0.717) is 5.78 Å². The summed E-state index contributed by atoms with van der Waals surface area (Å²) in [5.74, 6) is 0.347. The van der Waals surface area contributed by atoms with Crippen molar-refractivity contribution in [3.8, 4) is 0 Å². The van der Waals surface area contributed by atoms with Gasteiger partial charge >= 0.3 is 0 Å². The third-order valence-corrected chi connectivity index (χ3v) is 5.58. The summed E-state index contributed by atoms with van der Waals surface area (Å²) in [6.07, 6.45) is 6.08. The number of benzene rings is 1. The molecule has 108 valence electrons. The van der Waals surface area contributed by atoms with E-state index in [4.69, 9.17) is 0 Å².